The number of hydrogen-bond acceptors (Lipinski definition) is 4. The molecule has 0 radical (unpaired) electrons. The Balaban J connectivity index is 2.69. The smallest absolute Gasteiger partial charge is 0.0951 e. The molecule has 1 heterocycles. The molecule has 4 heteroatoms. The summed E-state index contributed by atoms with van der Waals surface area (Å²) in [5, 5.41) is 0. The zero-order chi connectivity index (χ0) is 8.97. The minimum atomic E-state index is -0.0197. The highest BCUT2D eigenvalue weighted by molar-refractivity contribution is 5.12. The molecule has 1 aromatic heterocycles. The van der Waals surface area contributed by atoms with E-state index in [9.17, 15) is 0 Å². The van der Waals surface area contributed by atoms with E-state index in [4.69, 9.17) is 15.0 Å². The Morgan fingerprint density at radius 2 is 2.42 bits per heavy atom. The van der Waals surface area contributed by atoms with Gasteiger partial charge in [0.1, 0.15) is 0 Å². The monoisotopic (exact) mass is 170 g/mol. The largest absolute Gasteiger partial charge is 0.472 e. The van der Waals surface area contributed by atoms with Gasteiger partial charge in [0.25, 0.3) is 0 Å². The van der Waals surface area contributed by atoms with Crippen molar-refractivity contribution in [3.05, 3.63) is 24.2 Å². The SMILES string of the molecule is COC(C)C(NN)c1ccoc1. The number of rotatable bonds is 4. The van der Waals surface area contributed by atoms with Crippen LogP contribution >= 0.6 is 0 Å². The summed E-state index contributed by atoms with van der Waals surface area (Å²) in [6, 6.07) is 1.84. The van der Waals surface area contributed by atoms with Gasteiger partial charge in [-0.3, -0.25) is 11.3 Å². The van der Waals surface area contributed by atoms with Crippen LogP contribution in [-0.4, -0.2) is 13.2 Å². The predicted octanol–water partition coefficient (Wildman–Crippen LogP) is 0.819. The summed E-state index contributed by atoms with van der Waals surface area (Å²) in [4.78, 5) is 0. The average Bonchev–Trinajstić information content (AvgIpc) is 2.58. The molecule has 1 aromatic rings. The van der Waals surface area contributed by atoms with E-state index in [1.54, 1.807) is 19.6 Å². The summed E-state index contributed by atoms with van der Waals surface area (Å²) in [5.41, 5.74) is 3.66. The Morgan fingerprint density at radius 3 is 2.83 bits per heavy atom. The molecule has 0 aromatic carbocycles. The Bertz CT molecular complexity index is 211. The van der Waals surface area contributed by atoms with Gasteiger partial charge in [0.15, 0.2) is 0 Å². The first-order chi connectivity index (χ1) is 5.79. The number of furan rings is 1. The minimum absolute atomic E-state index is 0.0197. The number of methoxy groups -OCH3 is 1. The number of hydrogen-bond donors (Lipinski definition) is 2. The van der Waals surface area contributed by atoms with Crippen LogP contribution in [0.15, 0.2) is 23.0 Å². The van der Waals surface area contributed by atoms with Gasteiger partial charge in [-0.05, 0) is 13.0 Å². The van der Waals surface area contributed by atoms with Crippen LogP contribution in [0.1, 0.15) is 18.5 Å². The van der Waals surface area contributed by atoms with Crippen LogP contribution in [0.25, 0.3) is 0 Å². The maximum Gasteiger partial charge on any atom is 0.0951 e. The van der Waals surface area contributed by atoms with Crippen molar-refractivity contribution in [2.24, 2.45) is 5.84 Å². The maximum atomic E-state index is 5.37. The fraction of sp³-hybridized carbons (Fsp3) is 0.500. The van der Waals surface area contributed by atoms with Gasteiger partial charge in [-0.15, -0.1) is 0 Å². The highest BCUT2D eigenvalue weighted by Gasteiger charge is 2.17. The molecule has 0 amide bonds. The first-order valence-corrected chi connectivity index (χ1v) is 3.80. The van der Waals surface area contributed by atoms with Gasteiger partial charge < -0.3 is 9.15 Å². The van der Waals surface area contributed by atoms with E-state index < -0.39 is 0 Å². The molecule has 0 saturated heterocycles. The van der Waals surface area contributed by atoms with Gasteiger partial charge >= 0.3 is 0 Å². The maximum absolute atomic E-state index is 5.37. The van der Waals surface area contributed by atoms with Crippen LogP contribution in [-0.2, 0) is 4.74 Å². The Labute approximate surface area is 71.7 Å². The molecule has 2 unspecified atom stereocenters. The van der Waals surface area contributed by atoms with E-state index in [-0.39, 0.29) is 12.1 Å². The average molecular weight is 170 g/mol. The number of hydrazine groups is 1. The minimum Gasteiger partial charge on any atom is -0.472 e. The van der Waals surface area contributed by atoms with Crippen molar-refractivity contribution in [1.29, 1.82) is 0 Å². The molecular formula is C8H14N2O2. The van der Waals surface area contributed by atoms with Crippen molar-refractivity contribution < 1.29 is 9.15 Å². The van der Waals surface area contributed by atoms with Crippen molar-refractivity contribution >= 4 is 0 Å². The van der Waals surface area contributed by atoms with Gasteiger partial charge in [0.05, 0.1) is 24.7 Å². The zero-order valence-corrected chi connectivity index (χ0v) is 7.28. The molecule has 0 spiro atoms. The summed E-state index contributed by atoms with van der Waals surface area (Å²) >= 11 is 0. The molecule has 12 heavy (non-hydrogen) atoms. The van der Waals surface area contributed by atoms with Gasteiger partial charge in [-0.2, -0.15) is 0 Å². The highest BCUT2D eigenvalue weighted by atomic mass is 16.5. The lowest BCUT2D eigenvalue weighted by Gasteiger charge is -2.20. The van der Waals surface area contributed by atoms with E-state index in [0.29, 0.717) is 0 Å². The molecule has 68 valence electrons. The normalized spacial score (nSPS) is 15.9. The van der Waals surface area contributed by atoms with Crippen LogP contribution in [0.2, 0.25) is 0 Å². The molecule has 3 N–H and O–H groups in total. The summed E-state index contributed by atoms with van der Waals surface area (Å²) in [6.45, 7) is 1.94. The third-order valence-corrected chi connectivity index (χ3v) is 1.92. The Morgan fingerprint density at radius 1 is 1.67 bits per heavy atom. The Kier molecular flexibility index (Phi) is 3.28. The highest BCUT2D eigenvalue weighted by Crippen LogP contribution is 2.17. The van der Waals surface area contributed by atoms with Gasteiger partial charge in [-0.1, -0.05) is 0 Å². The van der Waals surface area contributed by atoms with Crippen LogP contribution < -0.4 is 11.3 Å². The number of nitrogens with two attached hydrogens (primary N) is 1. The zero-order valence-electron chi connectivity index (χ0n) is 7.28. The van der Waals surface area contributed by atoms with Crippen LogP contribution in [0.4, 0.5) is 0 Å². The molecule has 1 rings (SSSR count). The lowest BCUT2D eigenvalue weighted by Crippen LogP contribution is -2.35. The predicted molar refractivity (Wildman–Crippen MR) is 45.2 cm³/mol. The first kappa shape index (κ1) is 9.25. The summed E-state index contributed by atoms with van der Waals surface area (Å²) in [6.07, 6.45) is 3.29. The second-order valence-corrected chi connectivity index (χ2v) is 2.64. The standard InChI is InChI=1S/C8H14N2O2/c1-6(11-2)8(10-9)7-3-4-12-5-7/h3-6,8,10H,9H2,1-2H3. The second-order valence-electron chi connectivity index (χ2n) is 2.64. The van der Waals surface area contributed by atoms with Gasteiger partial charge in [-0.25, -0.2) is 0 Å². The van der Waals surface area contributed by atoms with Gasteiger partial charge in [0, 0.05) is 12.7 Å². The fourth-order valence-electron chi connectivity index (χ4n) is 1.09. The van der Waals surface area contributed by atoms with Crippen molar-refractivity contribution in [1.82, 2.24) is 5.43 Å². The van der Waals surface area contributed by atoms with Crippen LogP contribution in [0.5, 0.6) is 0 Å². The molecule has 0 aliphatic heterocycles. The molecule has 0 bridgehead atoms. The Hall–Kier alpha value is -0.840. The lowest BCUT2D eigenvalue weighted by molar-refractivity contribution is 0.0829. The number of nitrogens with one attached hydrogen (secondary N) is 1. The summed E-state index contributed by atoms with van der Waals surface area (Å²) in [5.74, 6) is 5.37. The van der Waals surface area contributed by atoms with E-state index in [1.807, 2.05) is 13.0 Å². The lowest BCUT2D eigenvalue weighted by atomic mass is 10.1. The van der Waals surface area contributed by atoms with Crippen LogP contribution in [0, 0.1) is 0 Å². The van der Waals surface area contributed by atoms with Crippen molar-refractivity contribution in [3.8, 4) is 0 Å². The van der Waals surface area contributed by atoms with E-state index in [0.717, 1.165) is 5.56 Å². The molecule has 0 fully saturated rings. The molecule has 0 saturated carbocycles. The molecule has 2 atom stereocenters. The summed E-state index contributed by atoms with van der Waals surface area (Å²) in [7, 11) is 1.65. The van der Waals surface area contributed by atoms with E-state index in [1.165, 1.54) is 0 Å². The number of ether oxygens (including phenoxy) is 1. The van der Waals surface area contributed by atoms with Crippen molar-refractivity contribution in [2.75, 3.05) is 7.11 Å². The molecule has 0 aliphatic rings. The van der Waals surface area contributed by atoms with E-state index in [2.05, 4.69) is 5.43 Å². The second kappa shape index (κ2) is 4.25. The topological polar surface area (TPSA) is 60.4 Å². The first-order valence-electron chi connectivity index (χ1n) is 3.80. The quantitative estimate of drug-likeness (QED) is 0.518. The third-order valence-electron chi connectivity index (χ3n) is 1.92. The molecular weight excluding hydrogens is 156 g/mol. The van der Waals surface area contributed by atoms with Crippen molar-refractivity contribution in [2.45, 2.75) is 19.1 Å². The molecule has 4 nitrogen and oxygen atoms in total. The van der Waals surface area contributed by atoms with Crippen molar-refractivity contribution in [3.63, 3.8) is 0 Å². The summed E-state index contributed by atoms with van der Waals surface area (Å²) < 4.78 is 10.1. The third kappa shape index (κ3) is 1.85. The fourth-order valence-corrected chi connectivity index (χ4v) is 1.09. The molecule has 0 aliphatic carbocycles. The van der Waals surface area contributed by atoms with Crippen LogP contribution in [0.3, 0.4) is 0 Å². The van der Waals surface area contributed by atoms with Gasteiger partial charge in [0.2, 0.25) is 0 Å². The van der Waals surface area contributed by atoms with E-state index >= 15 is 0 Å².